The molecule has 0 bridgehead atoms. The first-order chi connectivity index (χ1) is 19.6. The smallest absolute Gasteiger partial charge is 0.195 e. The Labute approximate surface area is 238 Å². The summed E-state index contributed by atoms with van der Waals surface area (Å²) in [5.41, 5.74) is 9.53. The number of thiophene rings is 1. The largest absolute Gasteiger partial charge is 0.496 e. The number of methoxy groups -OCH3 is 1. The lowest BCUT2D eigenvalue weighted by Gasteiger charge is -2.17. The molecule has 40 heavy (non-hydrogen) atoms. The van der Waals surface area contributed by atoms with E-state index in [4.69, 9.17) is 9.47 Å². The average molecular weight is 550 g/mol. The van der Waals surface area contributed by atoms with Gasteiger partial charge in [-0.05, 0) is 85.6 Å². The van der Waals surface area contributed by atoms with Crippen molar-refractivity contribution in [1.82, 2.24) is 4.90 Å². The summed E-state index contributed by atoms with van der Waals surface area (Å²) in [6.45, 7) is 3.55. The van der Waals surface area contributed by atoms with E-state index in [-0.39, 0.29) is 5.78 Å². The van der Waals surface area contributed by atoms with E-state index >= 15 is 0 Å². The highest BCUT2D eigenvalue weighted by Gasteiger charge is 2.23. The highest BCUT2D eigenvalue weighted by molar-refractivity contribution is 7.22. The molecule has 202 valence electrons. The second kappa shape index (κ2) is 11.6. The molecule has 0 atom stereocenters. The maximum atomic E-state index is 14.2. The third kappa shape index (κ3) is 5.52. The van der Waals surface area contributed by atoms with Gasteiger partial charge in [0.15, 0.2) is 5.78 Å². The fourth-order valence-corrected chi connectivity index (χ4v) is 6.57. The molecule has 3 N–H and O–H groups in total. The summed E-state index contributed by atoms with van der Waals surface area (Å²) >= 11 is 1.62. The Kier molecular flexibility index (Phi) is 7.64. The maximum Gasteiger partial charge on any atom is 0.195 e. The molecule has 2 heterocycles. The quantitative estimate of drug-likeness (QED) is 0.204. The van der Waals surface area contributed by atoms with Gasteiger partial charge in [0.1, 0.15) is 23.8 Å². The average Bonchev–Trinajstić information content (AvgIpc) is 3.64. The first kappa shape index (κ1) is 26.3. The number of ketones is 1. The topological polar surface area (TPSA) is 66.4 Å². The zero-order chi connectivity index (χ0) is 27.5. The number of nitrogens with zero attached hydrogens (tertiary/aromatic N) is 1. The van der Waals surface area contributed by atoms with E-state index < -0.39 is 0 Å². The third-order valence-corrected chi connectivity index (χ3v) is 8.70. The Hall–Kier alpha value is -3.97. The second-order valence-corrected chi connectivity index (χ2v) is 11.3. The van der Waals surface area contributed by atoms with Crippen molar-refractivity contribution in [2.75, 3.05) is 20.2 Å². The van der Waals surface area contributed by atoms with Crippen LogP contribution < -0.4 is 15.2 Å². The zero-order valence-corrected chi connectivity index (χ0v) is 23.5. The Bertz CT molecular complexity index is 1640. The fraction of sp³-hybridized carbons (Fsp3) is 0.206. The summed E-state index contributed by atoms with van der Waals surface area (Å²) in [5.74, 6) is 1.53. The summed E-state index contributed by atoms with van der Waals surface area (Å²) in [4.78, 5) is 17.6. The lowest BCUT2D eigenvalue weighted by molar-refractivity contribution is -0.254. The van der Waals surface area contributed by atoms with Gasteiger partial charge in [0.25, 0.3) is 0 Å². The molecule has 5 aromatic rings. The molecule has 1 saturated heterocycles. The minimum absolute atomic E-state index is 0.0103. The Morgan fingerprint density at radius 1 is 0.925 bits per heavy atom. The molecule has 1 aliphatic heterocycles. The number of fused-ring (bicyclic) bond motifs is 1. The number of carbonyl (C=O) groups excluding carboxylic acids is 1. The molecule has 6 heteroatoms. The summed E-state index contributed by atoms with van der Waals surface area (Å²) < 4.78 is 12.9. The number of benzene rings is 4. The Morgan fingerprint density at radius 3 is 2.45 bits per heavy atom. The summed E-state index contributed by atoms with van der Waals surface area (Å²) in [7, 11) is 1.68. The first-order valence-corrected chi connectivity index (χ1v) is 14.5. The van der Waals surface area contributed by atoms with E-state index in [1.807, 2.05) is 78.9 Å². The molecular weight excluding hydrogens is 516 g/mol. The van der Waals surface area contributed by atoms with Crippen LogP contribution in [0.3, 0.4) is 0 Å². The van der Waals surface area contributed by atoms with Crippen LogP contribution >= 0.6 is 11.3 Å². The lowest BCUT2D eigenvalue weighted by atomic mass is 9.96. The van der Waals surface area contributed by atoms with Crippen molar-refractivity contribution < 1.29 is 20.0 Å². The van der Waals surface area contributed by atoms with Crippen LogP contribution in [0.5, 0.6) is 11.5 Å². The monoisotopic (exact) mass is 549 g/mol. The highest BCUT2D eigenvalue weighted by atomic mass is 32.1. The van der Waals surface area contributed by atoms with Crippen LogP contribution in [0, 0.1) is 0 Å². The summed E-state index contributed by atoms with van der Waals surface area (Å²) in [6.07, 6.45) is 2.47. The molecule has 4 aromatic carbocycles. The Morgan fingerprint density at radius 2 is 1.70 bits per heavy atom. The van der Waals surface area contributed by atoms with Crippen molar-refractivity contribution in [2.45, 2.75) is 26.0 Å². The number of likely N-dealkylation sites (tertiary alicyclic amines) is 1. The molecule has 0 radical (unpaired) electrons. The van der Waals surface area contributed by atoms with Gasteiger partial charge < -0.3 is 15.2 Å². The van der Waals surface area contributed by atoms with E-state index in [0.717, 1.165) is 68.5 Å². The van der Waals surface area contributed by atoms with Crippen LogP contribution in [0.2, 0.25) is 0 Å². The van der Waals surface area contributed by atoms with Crippen LogP contribution in [0.4, 0.5) is 5.69 Å². The standard InChI is InChI=1S/C34H32N2O3S/c1-38-30-19-25(9-10-26(30)21-36-17-5-6-18-36)33(37)32-29-16-15-28(39-22-23-7-3-2-4-8-23)20-31(29)40-34(32)24-11-13-27(35)14-12-24/h2-4,7-16,19-20H,5-6,17-18,21-22,35H2,1H3/p+1. The number of ether oxygens (including phenoxy) is 2. The molecule has 0 spiro atoms. The number of hydrogen-bond acceptors (Lipinski definition) is 5. The van der Waals surface area contributed by atoms with Gasteiger partial charge in [0, 0.05) is 38.2 Å². The first-order valence-electron chi connectivity index (χ1n) is 13.7. The van der Waals surface area contributed by atoms with Crippen molar-refractivity contribution in [2.24, 2.45) is 0 Å². The van der Waals surface area contributed by atoms with Crippen LogP contribution in [0.25, 0.3) is 20.5 Å². The molecule has 1 aromatic heterocycles. The number of hydrogen-bond donors (Lipinski definition) is 1. The van der Waals surface area contributed by atoms with Gasteiger partial charge in [-0.2, -0.15) is 0 Å². The van der Waals surface area contributed by atoms with Crippen LogP contribution in [-0.2, 0) is 13.2 Å². The molecular formula is C34H33N2O3S+. The van der Waals surface area contributed by atoms with Crippen molar-refractivity contribution in [3.8, 4) is 21.9 Å². The van der Waals surface area contributed by atoms with Crippen LogP contribution in [0.15, 0.2) is 91.0 Å². The van der Waals surface area contributed by atoms with Gasteiger partial charge >= 0.3 is 0 Å². The fourth-order valence-electron chi connectivity index (χ4n) is 5.33. The highest BCUT2D eigenvalue weighted by Crippen LogP contribution is 2.42. The van der Waals surface area contributed by atoms with Gasteiger partial charge in [-0.15, -0.1) is 11.3 Å². The Balaban J connectivity index is 1.37. The molecule has 0 unspecified atom stereocenters. The number of quaternary nitrogens is 1. The van der Waals surface area contributed by atoms with Crippen molar-refractivity contribution in [3.63, 3.8) is 0 Å². The minimum atomic E-state index is -0.0103. The van der Waals surface area contributed by atoms with E-state index in [1.54, 1.807) is 18.4 Å². The molecule has 0 amide bonds. The van der Waals surface area contributed by atoms with Crippen LogP contribution in [-0.4, -0.2) is 30.9 Å². The molecule has 6 rings (SSSR count). The zero-order valence-electron chi connectivity index (χ0n) is 22.7. The van der Waals surface area contributed by atoms with Crippen LogP contribution in [0.1, 0.15) is 39.9 Å². The van der Waals surface area contributed by atoms with E-state index in [2.05, 4.69) is 22.8 Å². The molecule has 5 nitrogen and oxygen atoms in total. The molecule has 0 aliphatic carbocycles. The van der Waals surface area contributed by atoms with Gasteiger partial charge in [0.2, 0.25) is 0 Å². The predicted molar refractivity (Wildman–Crippen MR) is 162 cm³/mol. The SMILES string of the molecule is COc1cc(C(=O)c2c(-c3ccc([NH3+])cc3)sc3cc(OCc4ccccc4)ccc23)ccc1CN1CCCC1. The number of rotatable bonds is 9. The molecule has 1 aliphatic rings. The van der Waals surface area contributed by atoms with Gasteiger partial charge in [-0.3, -0.25) is 9.69 Å². The minimum Gasteiger partial charge on any atom is -0.496 e. The van der Waals surface area contributed by atoms with E-state index in [1.165, 1.54) is 12.8 Å². The van der Waals surface area contributed by atoms with Gasteiger partial charge in [0.05, 0.1) is 7.11 Å². The van der Waals surface area contributed by atoms with E-state index in [9.17, 15) is 4.79 Å². The van der Waals surface area contributed by atoms with Gasteiger partial charge in [-0.1, -0.05) is 42.5 Å². The lowest BCUT2D eigenvalue weighted by Crippen LogP contribution is -2.39. The van der Waals surface area contributed by atoms with Gasteiger partial charge in [-0.25, -0.2) is 0 Å². The normalized spacial score (nSPS) is 13.6. The predicted octanol–water partition coefficient (Wildman–Crippen LogP) is 6.86. The summed E-state index contributed by atoms with van der Waals surface area (Å²) in [6, 6.07) is 30.1. The summed E-state index contributed by atoms with van der Waals surface area (Å²) in [5, 5.41) is 0.927. The maximum absolute atomic E-state index is 14.2. The van der Waals surface area contributed by atoms with Crippen molar-refractivity contribution in [3.05, 3.63) is 113 Å². The second-order valence-electron chi connectivity index (χ2n) is 10.3. The van der Waals surface area contributed by atoms with E-state index in [0.29, 0.717) is 17.7 Å². The number of carbonyl (C=O) groups is 1. The van der Waals surface area contributed by atoms with Crippen molar-refractivity contribution >= 4 is 32.9 Å². The molecule has 1 fully saturated rings. The molecule has 0 saturated carbocycles. The van der Waals surface area contributed by atoms with Crippen molar-refractivity contribution in [1.29, 1.82) is 0 Å². The third-order valence-electron chi connectivity index (χ3n) is 7.49.